The number of amides is 1. The summed E-state index contributed by atoms with van der Waals surface area (Å²) >= 11 is 1.53. The zero-order chi connectivity index (χ0) is 13.9. The summed E-state index contributed by atoms with van der Waals surface area (Å²) in [4.78, 5) is 12.9. The molecule has 2 unspecified atom stereocenters. The van der Waals surface area contributed by atoms with Gasteiger partial charge in [-0.05, 0) is 11.4 Å². The average Bonchev–Trinajstić information content (AvgIpc) is 3.17. The second-order valence-corrected chi connectivity index (χ2v) is 5.70. The summed E-state index contributed by atoms with van der Waals surface area (Å²) in [7, 11) is 0. The third kappa shape index (κ3) is 3.62. The fourth-order valence-corrected chi connectivity index (χ4v) is 2.83. The predicted octanol–water partition coefficient (Wildman–Crippen LogP) is 1.14. The molecule has 114 valence electrons. The van der Waals surface area contributed by atoms with Crippen molar-refractivity contribution >= 4 is 29.7 Å². The minimum absolute atomic E-state index is 0. The maximum absolute atomic E-state index is 12.0. The molecule has 0 aromatic carbocycles. The number of hydrogen-bond acceptors (Lipinski definition) is 6. The highest BCUT2D eigenvalue weighted by Crippen LogP contribution is 2.25. The summed E-state index contributed by atoms with van der Waals surface area (Å²) in [6.45, 7) is 1.71. The molecule has 2 aromatic heterocycles. The van der Waals surface area contributed by atoms with E-state index in [1.165, 1.54) is 11.3 Å². The number of thiophene rings is 1. The number of β-amino-alcohol motifs (C(OH)–C–C–N with tert-alkyl or cyclic N) is 1. The molecule has 2 atom stereocenters. The molecule has 3 N–H and O–H groups in total. The number of nitrogens with zero attached hydrogens (tertiary/aromatic N) is 1. The Morgan fingerprint density at radius 3 is 3.10 bits per heavy atom. The lowest BCUT2D eigenvalue weighted by atomic mass is 10.1. The SMILES string of the molecule is Cl.O=C(NCC1CNCC1O)c1cc(-c2cccs2)on1. The van der Waals surface area contributed by atoms with Crippen LogP contribution in [-0.4, -0.2) is 41.9 Å². The van der Waals surface area contributed by atoms with Crippen LogP contribution in [-0.2, 0) is 0 Å². The Kier molecular flexibility index (Phi) is 5.35. The van der Waals surface area contributed by atoms with Crippen molar-refractivity contribution in [3.05, 3.63) is 29.3 Å². The van der Waals surface area contributed by atoms with Gasteiger partial charge in [0.1, 0.15) is 0 Å². The van der Waals surface area contributed by atoms with Gasteiger partial charge in [0.15, 0.2) is 11.5 Å². The van der Waals surface area contributed by atoms with Gasteiger partial charge in [0.25, 0.3) is 5.91 Å². The number of aromatic nitrogens is 1. The van der Waals surface area contributed by atoms with Gasteiger partial charge in [0.05, 0.1) is 11.0 Å². The van der Waals surface area contributed by atoms with Gasteiger partial charge >= 0.3 is 0 Å². The highest BCUT2D eigenvalue weighted by molar-refractivity contribution is 7.13. The molecule has 0 radical (unpaired) electrons. The van der Waals surface area contributed by atoms with Gasteiger partial charge in [-0.15, -0.1) is 23.7 Å². The van der Waals surface area contributed by atoms with Crippen LogP contribution in [0.1, 0.15) is 10.5 Å². The van der Waals surface area contributed by atoms with Gasteiger partial charge in [-0.1, -0.05) is 11.2 Å². The van der Waals surface area contributed by atoms with E-state index in [0.29, 0.717) is 25.4 Å². The minimum Gasteiger partial charge on any atom is -0.391 e. The quantitative estimate of drug-likeness (QED) is 0.783. The lowest BCUT2D eigenvalue weighted by Gasteiger charge is -2.13. The van der Waals surface area contributed by atoms with Crippen LogP contribution in [0, 0.1) is 5.92 Å². The molecule has 6 nitrogen and oxygen atoms in total. The lowest BCUT2D eigenvalue weighted by molar-refractivity contribution is 0.0918. The van der Waals surface area contributed by atoms with E-state index in [4.69, 9.17) is 4.52 Å². The number of hydrogen-bond donors (Lipinski definition) is 3. The second-order valence-electron chi connectivity index (χ2n) is 4.75. The smallest absolute Gasteiger partial charge is 0.273 e. The Labute approximate surface area is 131 Å². The molecule has 0 saturated carbocycles. The molecule has 1 amide bonds. The first kappa shape index (κ1) is 16.0. The summed E-state index contributed by atoms with van der Waals surface area (Å²) in [5, 5.41) is 21.2. The maximum Gasteiger partial charge on any atom is 0.273 e. The fraction of sp³-hybridized carbons (Fsp3) is 0.385. The Hall–Kier alpha value is -1.41. The largest absolute Gasteiger partial charge is 0.391 e. The molecule has 2 aromatic rings. The zero-order valence-electron chi connectivity index (χ0n) is 11.1. The Morgan fingerprint density at radius 1 is 1.57 bits per heavy atom. The second kappa shape index (κ2) is 7.04. The Bertz CT molecular complexity index is 587. The highest BCUT2D eigenvalue weighted by Gasteiger charge is 2.25. The zero-order valence-corrected chi connectivity index (χ0v) is 12.7. The van der Waals surface area contributed by atoms with Gasteiger partial charge in [-0.2, -0.15) is 0 Å². The van der Waals surface area contributed by atoms with Crippen molar-refractivity contribution < 1.29 is 14.4 Å². The van der Waals surface area contributed by atoms with Gasteiger partial charge < -0.3 is 20.3 Å². The van der Waals surface area contributed by atoms with Crippen LogP contribution in [0.3, 0.4) is 0 Å². The number of aliphatic hydroxyl groups excluding tert-OH is 1. The minimum atomic E-state index is -0.408. The fourth-order valence-electron chi connectivity index (χ4n) is 2.16. The molecule has 3 rings (SSSR count). The number of carbonyl (C=O) groups is 1. The monoisotopic (exact) mass is 329 g/mol. The summed E-state index contributed by atoms with van der Waals surface area (Å²) in [5.41, 5.74) is 0.258. The van der Waals surface area contributed by atoms with Crippen molar-refractivity contribution in [1.29, 1.82) is 0 Å². The molecule has 1 aliphatic rings. The Balaban J connectivity index is 0.00000161. The molecule has 21 heavy (non-hydrogen) atoms. The Morgan fingerprint density at radius 2 is 2.43 bits per heavy atom. The summed E-state index contributed by atoms with van der Waals surface area (Å²) < 4.78 is 5.16. The molecular formula is C13H16ClN3O3S. The standard InChI is InChI=1S/C13H15N3O3S.ClH/c17-10-7-14-5-8(10)6-15-13(18)9-4-11(19-16-9)12-2-1-3-20-12;/h1-4,8,10,14,17H,5-7H2,(H,15,18);1H. The van der Waals surface area contributed by atoms with E-state index in [1.807, 2.05) is 17.5 Å². The molecule has 1 aliphatic heterocycles. The van der Waals surface area contributed by atoms with Crippen molar-refractivity contribution in [3.8, 4) is 10.6 Å². The van der Waals surface area contributed by atoms with Crippen molar-refractivity contribution in [3.63, 3.8) is 0 Å². The normalized spacial score (nSPS) is 21.0. The van der Waals surface area contributed by atoms with Crippen LogP contribution in [0.25, 0.3) is 10.6 Å². The van der Waals surface area contributed by atoms with Crippen LogP contribution >= 0.6 is 23.7 Å². The van der Waals surface area contributed by atoms with Crippen molar-refractivity contribution in [2.45, 2.75) is 6.10 Å². The molecule has 1 fully saturated rings. The van der Waals surface area contributed by atoms with E-state index < -0.39 is 6.10 Å². The van der Waals surface area contributed by atoms with Gasteiger partial charge in [-0.3, -0.25) is 4.79 Å². The number of halogens is 1. The summed E-state index contributed by atoms with van der Waals surface area (Å²) in [6.07, 6.45) is -0.408. The molecule has 1 saturated heterocycles. The lowest BCUT2D eigenvalue weighted by Crippen LogP contribution is -2.34. The van der Waals surface area contributed by atoms with Crippen molar-refractivity contribution in [1.82, 2.24) is 15.8 Å². The maximum atomic E-state index is 12.0. The topological polar surface area (TPSA) is 87.4 Å². The van der Waals surface area contributed by atoms with Gasteiger partial charge in [0, 0.05) is 31.6 Å². The van der Waals surface area contributed by atoms with Gasteiger partial charge in [0.2, 0.25) is 0 Å². The van der Waals surface area contributed by atoms with E-state index in [0.717, 1.165) is 4.88 Å². The predicted molar refractivity (Wildman–Crippen MR) is 81.8 cm³/mol. The number of nitrogens with one attached hydrogen (secondary N) is 2. The van der Waals surface area contributed by atoms with E-state index in [-0.39, 0.29) is 29.9 Å². The molecule has 0 bridgehead atoms. The summed E-state index contributed by atoms with van der Waals surface area (Å²) in [5.74, 6) is 0.353. The van der Waals surface area contributed by atoms with Crippen LogP contribution in [0.5, 0.6) is 0 Å². The first-order valence-corrected chi connectivity index (χ1v) is 7.29. The molecular weight excluding hydrogens is 314 g/mol. The van der Waals surface area contributed by atoms with E-state index in [2.05, 4.69) is 15.8 Å². The first-order valence-electron chi connectivity index (χ1n) is 6.41. The number of aliphatic hydroxyl groups is 1. The molecule has 0 spiro atoms. The van der Waals surface area contributed by atoms with Crippen molar-refractivity contribution in [2.24, 2.45) is 5.92 Å². The van der Waals surface area contributed by atoms with Gasteiger partial charge in [-0.25, -0.2) is 0 Å². The van der Waals surface area contributed by atoms with Crippen LogP contribution in [0.2, 0.25) is 0 Å². The molecule has 3 heterocycles. The van der Waals surface area contributed by atoms with E-state index in [9.17, 15) is 9.90 Å². The van der Waals surface area contributed by atoms with E-state index in [1.54, 1.807) is 6.07 Å². The first-order chi connectivity index (χ1) is 9.74. The van der Waals surface area contributed by atoms with Crippen LogP contribution in [0.4, 0.5) is 0 Å². The number of rotatable bonds is 4. The van der Waals surface area contributed by atoms with Crippen LogP contribution in [0.15, 0.2) is 28.1 Å². The third-order valence-corrected chi connectivity index (χ3v) is 4.22. The average molecular weight is 330 g/mol. The third-order valence-electron chi connectivity index (χ3n) is 3.34. The highest BCUT2D eigenvalue weighted by atomic mass is 35.5. The summed E-state index contributed by atoms with van der Waals surface area (Å²) in [6, 6.07) is 5.45. The molecule has 8 heteroatoms. The van der Waals surface area contributed by atoms with Crippen molar-refractivity contribution in [2.75, 3.05) is 19.6 Å². The molecule has 0 aliphatic carbocycles. The van der Waals surface area contributed by atoms with Crippen LogP contribution < -0.4 is 10.6 Å². The number of carbonyl (C=O) groups excluding carboxylic acids is 1. The van der Waals surface area contributed by atoms with E-state index >= 15 is 0 Å².